The number of benzene rings is 1. The largest absolute Gasteiger partial charge is 0.475 e. The number of unbranched alkanes of at least 4 members (excludes halogenated alkanes) is 1. The number of piperidine rings is 1. The molecule has 2 unspecified atom stereocenters. The van der Waals surface area contributed by atoms with Crippen molar-refractivity contribution in [2.24, 2.45) is 0 Å². The molecular formula is C17H27NO. The molecule has 0 bridgehead atoms. The predicted molar refractivity (Wildman–Crippen MR) is 80.4 cm³/mol. The second-order valence-electron chi connectivity index (χ2n) is 5.61. The fourth-order valence-corrected chi connectivity index (χ4v) is 2.88. The van der Waals surface area contributed by atoms with Gasteiger partial charge in [-0.1, -0.05) is 38.0 Å². The van der Waals surface area contributed by atoms with E-state index in [4.69, 9.17) is 4.74 Å². The van der Waals surface area contributed by atoms with Gasteiger partial charge in [-0.25, -0.2) is 0 Å². The average Bonchev–Trinajstić information content (AvgIpc) is 2.45. The molecule has 1 aromatic rings. The Bertz CT molecular complexity index is 352. The Balaban J connectivity index is 2.02. The quantitative estimate of drug-likeness (QED) is 0.750. The minimum absolute atomic E-state index is 0.248. The van der Waals surface area contributed by atoms with E-state index in [2.05, 4.69) is 30.9 Å². The van der Waals surface area contributed by atoms with Gasteiger partial charge in [0.15, 0.2) is 6.23 Å². The highest BCUT2D eigenvalue weighted by Gasteiger charge is 2.26. The summed E-state index contributed by atoms with van der Waals surface area (Å²) in [4.78, 5) is 2.56. The minimum Gasteiger partial charge on any atom is -0.475 e. The topological polar surface area (TPSA) is 12.5 Å². The number of hydrogen-bond acceptors (Lipinski definition) is 2. The van der Waals surface area contributed by atoms with Gasteiger partial charge >= 0.3 is 0 Å². The SMILES string of the molecule is CCCCC(Oc1ccccc1)N1CCCCC1C. The Morgan fingerprint density at radius 1 is 1.26 bits per heavy atom. The molecule has 0 radical (unpaired) electrons. The van der Waals surface area contributed by atoms with Crippen LogP contribution in [-0.2, 0) is 0 Å². The molecular weight excluding hydrogens is 234 g/mol. The van der Waals surface area contributed by atoms with Crippen molar-refractivity contribution in [3.63, 3.8) is 0 Å². The highest BCUT2D eigenvalue weighted by molar-refractivity contribution is 5.21. The number of ether oxygens (including phenoxy) is 1. The Labute approximate surface area is 117 Å². The lowest BCUT2D eigenvalue weighted by atomic mass is 10.0. The van der Waals surface area contributed by atoms with Crippen LogP contribution < -0.4 is 4.74 Å². The molecule has 19 heavy (non-hydrogen) atoms. The monoisotopic (exact) mass is 261 g/mol. The van der Waals surface area contributed by atoms with Gasteiger partial charge in [0.2, 0.25) is 0 Å². The zero-order valence-corrected chi connectivity index (χ0v) is 12.3. The van der Waals surface area contributed by atoms with Crippen molar-refractivity contribution < 1.29 is 4.74 Å². The fraction of sp³-hybridized carbons (Fsp3) is 0.647. The van der Waals surface area contributed by atoms with Crippen LogP contribution in [0.1, 0.15) is 52.4 Å². The van der Waals surface area contributed by atoms with E-state index in [-0.39, 0.29) is 6.23 Å². The van der Waals surface area contributed by atoms with E-state index in [0.29, 0.717) is 6.04 Å². The molecule has 2 nitrogen and oxygen atoms in total. The molecule has 1 fully saturated rings. The zero-order valence-electron chi connectivity index (χ0n) is 12.3. The van der Waals surface area contributed by atoms with Gasteiger partial charge in [0, 0.05) is 12.6 Å². The van der Waals surface area contributed by atoms with Gasteiger partial charge in [0.05, 0.1) is 0 Å². The van der Waals surface area contributed by atoms with Crippen LogP contribution in [0, 0.1) is 0 Å². The second-order valence-corrected chi connectivity index (χ2v) is 5.61. The second kappa shape index (κ2) is 7.54. The summed E-state index contributed by atoms with van der Waals surface area (Å²) in [5.74, 6) is 1.00. The van der Waals surface area contributed by atoms with Crippen LogP contribution in [0.15, 0.2) is 30.3 Å². The van der Waals surface area contributed by atoms with E-state index in [1.807, 2.05) is 18.2 Å². The Morgan fingerprint density at radius 3 is 2.74 bits per heavy atom. The fourth-order valence-electron chi connectivity index (χ4n) is 2.88. The number of rotatable bonds is 6. The molecule has 0 aromatic heterocycles. The maximum Gasteiger partial charge on any atom is 0.152 e. The van der Waals surface area contributed by atoms with Gasteiger partial charge in [0.25, 0.3) is 0 Å². The van der Waals surface area contributed by atoms with Crippen molar-refractivity contribution in [2.45, 2.75) is 64.6 Å². The summed E-state index contributed by atoms with van der Waals surface area (Å²) in [6, 6.07) is 10.9. The van der Waals surface area contributed by atoms with Crippen molar-refractivity contribution in [3.8, 4) is 5.75 Å². The van der Waals surface area contributed by atoms with Gasteiger partial charge < -0.3 is 4.74 Å². The lowest BCUT2D eigenvalue weighted by molar-refractivity contribution is -0.0235. The molecule has 1 aliphatic rings. The lowest BCUT2D eigenvalue weighted by Gasteiger charge is -2.39. The number of para-hydroxylation sites is 1. The van der Waals surface area contributed by atoms with Crippen LogP contribution in [0.5, 0.6) is 5.75 Å². The van der Waals surface area contributed by atoms with Crippen LogP contribution in [0.3, 0.4) is 0 Å². The molecule has 0 saturated carbocycles. The Morgan fingerprint density at radius 2 is 2.05 bits per heavy atom. The number of nitrogens with zero attached hydrogens (tertiary/aromatic N) is 1. The van der Waals surface area contributed by atoms with E-state index >= 15 is 0 Å². The zero-order chi connectivity index (χ0) is 13.5. The minimum atomic E-state index is 0.248. The summed E-state index contributed by atoms with van der Waals surface area (Å²) in [6.45, 7) is 5.77. The molecule has 2 atom stereocenters. The van der Waals surface area contributed by atoms with Crippen molar-refractivity contribution in [2.75, 3.05) is 6.54 Å². The van der Waals surface area contributed by atoms with Crippen LogP contribution in [0.25, 0.3) is 0 Å². The summed E-state index contributed by atoms with van der Waals surface area (Å²) < 4.78 is 6.25. The summed E-state index contributed by atoms with van der Waals surface area (Å²) in [5, 5.41) is 0. The van der Waals surface area contributed by atoms with Crippen molar-refractivity contribution in [3.05, 3.63) is 30.3 Å². The first-order valence-electron chi connectivity index (χ1n) is 7.78. The first-order valence-corrected chi connectivity index (χ1v) is 7.78. The van der Waals surface area contributed by atoms with Gasteiger partial charge in [-0.05, 0) is 44.7 Å². The van der Waals surface area contributed by atoms with Crippen LogP contribution >= 0.6 is 0 Å². The van der Waals surface area contributed by atoms with E-state index < -0.39 is 0 Å². The van der Waals surface area contributed by atoms with Crippen LogP contribution in [-0.4, -0.2) is 23.7 Å². The van der Waals surface area contributed by atoms with Crippen molar-refractivity contribution >= 4 is 0 Å². The van der Waals surface area contributed by atoms with Gasteiger partial charge in [-0.2, -0.15) is 0 Å². The number of likely N-dealkylation sites (tertiary alicyclic amines) is 1. The maximum atomic E-state index is 6.25. The molecule has 1 aliphatic heterocycles. The molecule has 106 valence electrons. The third-order valence-corrected chi connectivity index (χ3v) is 4.04. The number of hydrogen-bond donors (Lipinski definition) is 0. The third-order valence-electron chi connectivity index (χ3n) is 4.04. The molecule has 0 spiro atoms. The standard InChI is InChI=1S/C17H27NO/c1-3-4-13-17(18-14-9-8-10-15(18)2)19-16-11-6-5-7-12-16/h5-7,11-12,15,17H,3-4,8-10,13-14H2,1-2H3. The molecule has 1 saturated heterocycles. The Hall–Kier alpha value is -1.02. The first-order chi connectivity index (χ1) is 9.31. The first kappa shape index (κ1) is 14.4. The van der Waals surface area contributed by atoms with E-state index in [0.717, 1.165) is 12.2 Å². The molecule has 1 aromatic carbocycles. The summed E-state index contributed by atoms with van der Waals surface area (Å²) in [5.41, 5.74) is 0. The van der Waals surface area contributed by atoms with Gasteiger partial charge in [-0.15, -0.1) is 0 Å². The molecule has 2 heteroatoms. The van der Waals surface area contributed by atoms with Crippen molar-refractivity contribution in [1.29, 1.82) is 0 Å². The van der Waals surface area contributed by atoms with Gasteiger partial charge in [-0.3, -0.25) is 4.90 Å². The smallest absolute Gasteiger partial charge is 0.152 e. The molecule has 0 N–H and O–H groups in total. The maximum absolute atomic E-state index is 6.25. The predicted octanol–water partition coefficient (Wildman–Crippen LogP) is 4.46. The van der Waals surface area contributed by atoms with E-state index in [1.165, 1.54) is 38.6 Å². The van der Waals surface area contributed by atoms with Crippen LogP contribution in [0.4, 0.5) is 0 Å². The normalized spacial score (nSPS) is 22.1. The third kappa shape index (κ3) is 4.24. The highest BCUT2D eigenvalue weighted by Crippen LogP contribution is 2.24. The van der Waals surface area contributed by atoms with E-state index in [1.54, 1.807) is 0 Å². The van der Waals surface area contributed by atoms with Gasteiger partial charge in [0.1, 0.15) is 5.75 Å². The highest BCUT2D eigenvalue weighted by atomic mass is 16.5. The lowest BCUT2D eigenvalue weighted by Crippen LogP contribution is -2.47. The van der Waals surface area contributed by atoms with Crippen LogP contribution in [0.2, 0.25) is 0 Å². The summed E-state index contributed by atoms with van der Waals surface area (Å²) >= 11 is 0. The Kier molecular flexibility index (Phi) is 5.71. The molecule has 0 aliphatic carbocycles. The summed E-state index contributed by atoms with van der Waals surface area (Å²) in [7, 11) is 0. The van der Waals surface area contributed by atoms with Crippen molar-refractivity contribution in [1.82, 2.24) is 4.90 Å². The molecule has 1 heterocycles. The van der Waals surface area contributed by atoms with E-state index in [9.17, 15) is 0 Å². The molecule has 2 rings (SSSR count). The molecule has 0 amide bonds. The summed E-state index contributed by atoms with van der Waals surface area (Å²) in [6.07, 6.45) is 7.83. The average molecular weight is 261 g/mol.